The van der Waals surface area contributed by atoms with Gasteiger partial charge in [0.2, 0.25) is 5.91 Å². The number of rotatable bonds is 2. The smallest absolute Gasteiger partial charge is 0.270 e. The predicted molar refractivity (Wildman–Crippen MR) is 96.5 cm³/mol. The third-order valence-electron chi connectivity index (χ3n) is 4.50. The van der Waals surface area contributed by atoms with Gasteiger partial charge in [-0.1, -0.05) is 12.1 Å². The molecule has 1 amide bonds. The summed E-state index contributed by atoms with van der Waals surface area (Å²) in [5, 5.41) is 12.2. The molecule has 7 heteroatoms. The Bertz CT molecular complexity index is 979. The van der Waals surface area contributed by atoms with Gasteiger partial charge in [0.25, 0.3) is 5.69 Å². The zero-order valence-corrected chi connectivity index (χ0v) is 14.4. The molecule has 0 spiro atoms. The van der Waals surface area contributed by atoms with Crippen molar-refractivity contribution in [1.29, 1.82) is 0 Å². The maximum atomic E-state index is 11.7. The van der Waals surface area contributed by atoms with Crippen LogP contribution >= 0.6 is 11.3 Å². The van der Waals surface area contributed by atoms with Gasteiger partial charge in [0.15, 0.2) is 0 Å². The molecule has 0 bridgehead atoms. The number of carbonyl (C=O) groups excluding carboxylic acids is 1. The van der Waals surface area contributed by atoms with Crippen molar-refractivity contribution < 1.29 is 9.72 Å². The zero-order valence-electron chi connectivity index (χ0n) is 13.6. The van der Waals surface area contributed by atoms with Crippen molar-refractivity contribution in [1.82, 2.24) is 9.88 Å². The van der Waals surface area contributed by atoms with Gasteiger partial charge in [-0.2, -0.15) is 0 Å². The highest BCUT2D eigenvalue weighted by Gasteiger charge is 2.25. The first kappa shape index (κ1) is 15.7. The predicted octanol–water partition coefficient (Wildman–Crippen LogP) is 3.78. The van der Waals surface area contributed by atoms with Gasteiger partial charge < -0.3 is 4.90 Å². The molecule has 25 heavy (non-hydrogen) atoms. The van der Waals surface area contributed by atoms with Crippen molar-refractivity contribution in [2.75, 3.05) is 6.54 Å². The number of nitro benzene ring substituents is 1. The van der Waals surface area contributed by atoms with Crippen LogP contribution in [0.3, 0.4) is 0 Å². The highest BCUT2D eigenvalue weighted by Crippen LogP contribution is 2.37. The number of thiazole rings is 1. The summed E-state index contributed by atoms with van der Waals surface area (Å²) in [4.78, 5) is 29.0. The topological polar surface area (TPSA) is 76.3 Å². The average molecular weight is 353 g/mol. The van der Waals surface area contributed by atoms with Crippen molar-refractivity contribution in [3.8, 4) is 10.6 Å². The maximum absolute atomic E-state index is 11.7. The molecule has 2 aromatic carbocycles. The summed E-state index contributed by atoms with van der Waals surface area (Å²) in [5.41, 5.74) is 3.64. The second-order valence-corrected chi connectivity index (χ2v) is 7.10. The van der Waals surface area contributed by atoms with Crippen molar-refractivity contribution in [3.05, 3.63) is 57.6 Å². The minimum atomic E-state index is -0.385. The molecule has 0 unspecified atom stereocenters. The van der Waals surface area contributed by atoms with E-state index in [-0.39, 0.29) is 16.5 Å². The van der Waals surface area contributed by atoms with E-state index in [0.29, 0.717) is 19.5 Å². The lowest BCUT2D eigenvalue weighted by molar-refractivity contribution is -0.384. The highest BCUT2D eigenvalue weighted by molar-refractivity contribution is 7.21. The molecular weight excluding hydrogens is 338 g/mol. The van der Waals surface area contributed by atoms with Crippen LogP contribution in [0.2, 0.25) is 0 Å². The maximum Gasteiger partial charge on any atom is 0.270 e. The Morgan fingerprint density at radius 1 is 1.32 bits per heavy atom. The number of carbonyl (C=O) groups is 1. The molecule has 0 saturated heterocycles. The quantitative estimate of drug-likeness (QED) is 0.519. The summed E-state index contributed by atoms with van der Waals surface area (Å²) in [6.07, 6.45) is 0.679. The number of amides is 1. The summed E-state index contributed by atoms with van der Waals surface area (Å²) in [6.45, 7) is 2.55. The van der Waals surface area contributed by atoms with Gasteiger partial charge in [-0.3, -0.25) is 14.9 Å². The fourth-order valence-corrected chi connectivity index (χ4v) is 4.24. The van der Waals surface area contributed by atoms with Crippen molar-refractivity contribution >= 4 is 33.1 Å². The minimum absolute atomic E-state index is 0.0151. The fraction of sp³-hybridized carbons (Fsp3) is 0.222. The summed E-state index contributed by atoms with van der Waals surface area (Å²) in [6, 6.07) is 11.0. The lowest BCUT2D eigenvalue weighted by atomic mass is 9.93. The standard InChI is InChI=1S/C18H15N3O3S/c1-11(22)20-7-6-14-12(10-20)8-13(21(23)24)9-15(14)18-19-16-4-2-3-5-17(16)25-18/h2-5,8-9H,6-7,10H2,1H3. The molecule has 6 nitrogen and oxygen atoms in total. The monoisotopic (exact) mass is 353 g/mol. The van der Waals surface area contributed by atoms with Crippen molar-refractivity contribution in [2.45, 2.75) is 19.9 Å². The lowest BCUT2D eigenvalue weighted by Gasteiger charge is -2.29. The Hall–Kier alpha value is -2.80. The van der Waals surface area contributed by atoms with Crippen LogP contribution in [0.5, 0.6) is 0 Å². The van der Waals surface area contributed by atoms with E-state index in [1.165, 1.54) is 18.3 Å². The van der Waals surface area contributed by atoms with Crippen LogP contribution in [0, 0.1) is 10.1 Å². The van der Waals surface area contributed by atoms with Gasteiger partial charge >= 0.3 is 0 Å². The molecule has 0 fully saturated rings. The Balaban J connectivity index is 1.89. The zero-order chi connectivity index (χ0) is 17.6. The summed E-state index contributed by atoms with van der Waals surface area (Å²) in [5.74, 6) is -0.0151. The van der Waals surface area contributed by atoms with Crippen LogP contribution in [-0.2, 0) is 17.8 Å². The highest BCUT2D eigenvalue weighted by atomic mass is 32.1. The number of aromatic nitrogens is 1. The van der Waals surface area contributed by atoms with Gasteiger partial charge in [0.1, 0.15) is 5.01 Å². The first-order valence-corrected chi connectivity index (χ1v) is 8.76. The van der Waals surface area contributed by atoms with E-state index in [1.54, 1.807) is 17.0 Å². The van der Waals surface area contributed by atoms with Gasteiger partial charge in [-0.25, -0.2) is 4.98 Å². The third-order valence-corrected chi connectivity index (χ3v) is 5.57. The van der Waals surface area contributed by atoms with E-state index in [4.69, 9.17) is 0 Å². The van der Waals surface area contributed by atoms with Crippen LogP contribution in [-0.4, -0.2) is 27.3 Å². The Kier molecular flexibility index (Phi) is 3.73. The van der Waals surface area contributed by atoms with E-state index in [2.05, 4.69) is 4.98 Å². The summed E-state index contributed by atoms with van der Waals surface area (Å²) < 4.78 is 1.05. The molecular formula is C18H15N3O3S. The molecule has 3 aromatic rings. The Morgan fingerprint density at radius 3 is 2.84 bits per heavy atom. The molecule has 2 heterocycles. The largest absolute Gasteiger partial charge is 0.338 e. The van der Waals surface area contributed by atoms with E-state index < -0.39 is 0 Å². The molecule has 126 valence electrons. The fourth-order valence-electron chi connectivity index (χ4n) is 3.24. The van der Waals surface area contributed by atoms with Crippen molar-refractivity contribution in [3.63, 3.8) is 0 Å². The van der Waals surface area contributed by atoms with Gasteiger partial charge in [-0.05, 0) is 29.7 Å². The van der Waals surface area contributed by atoms with E-state index in [0.717, 1.165) is 31.9 Å². The Morgan fingerprint density at radius 2 is 2.12 bits per heavy atom. The first-order valence-electron chi connectivity index (χ1n) is 7.94. The van der Waals surface area contributed by atoms with Crippen molar-refractivity contribution in [2.24, 2.45) is 0 Å². The van der Waals surface area contributed by atoms with Crippen LogP contribution in [0.25, 0.3) is 20.8 Å². The number of benzene rings is 2. The number of non-ortho nitro benzene ring substituents is 1. The van der Waals surface area contributed by atoms with Gasteiger partial charge in [-0.15, -0.1) is 11.3 Å². The van der Waals surface area contributed by atoms with Crippen LogP contribution in [0.15, 0.2) is 36.4 Å². The molecule has 0 saturated carbocycles. The number of hydrogen-bond donors (Lipinski definition) is 0. The van der Waals surface area contributed by atoms with Gasteiger partial charge in [0.05, 0.1) is 15.1 Å². The molecule has 1 aromatic heterocycles. The number of para-hydroxylation sites is 1. The van der Waals surface area contributed by atoms with E-state index in [9.17, 15) is 14.9 Å². The summed E-state index contributed by atoms with van der Waals surface area (Å²) >= 11 is 1.54. The molecule has 1 aliphatic heterocycles. The van der Waals surface area contributed by atoms with Crippen LogP contribution < -0.4 is 0 Å². The van der Waals surface area contributed by atoms with Gasteiger partial charge in [0, 0.05) is 37.7 Å². The summed E-state index contributed by atoms with van der Waals surface area (Å²) in [7, 11) is 0. The molecule has 0 radical (unpaired) electrons. The van der Waals surface area contributed by atoms with Crippen LogP contribution in [0.4, 0.5) is 5.69 Å². The second-order valence-electron chi connectivity index (χ2n) is 6.07. The molecule has 1 aliphatic rings. The number of fused-ring (bicyclic) bond motifs is 2. The van der Waals surface area contributed by atoms with E-state index in [1.807, 2.05) is 24.3 Å². The number of nitro groups is 1. The van der Waals surface area contributed by atoms with E-state index >= 15 is 0 Å². The normalized spacial score (nSPS) is 13.7. The Labute approximate surface area is 147 Å². The SMILES string of the molecule is CC(=O)N1CCc2c(cc([N+](=O)[O-])cc2-c2nc3ccccc3s2)C1. The third kappa shape index (κ3) is 2.76. The second kappa shape index (κ2) is 5.93. The average Bonchev–Trinajstić information content (AvgIpc) is 3.04. The molecule has 4 rings (SSSR count). The van der Waals surface area contributed by atoms with Crippen LogP contribution in [0.1, 0.15) is 18.1 Å². The number of hydrogen-bond acceptors (Lipinski definition) is 5. The lowest BCUT2D eigenvalue weighted by Crippen LogP contribution is -2.34. The minimum Gasteiger partial charge on any atom is -0.338 e. The first-order chi connectivity index (χ1) is 12.0. The molecule has 0 aliphatic carbocycles. The molecule has 0 N–H and O–H groups in total. The molecule has 0 atom stereocenters. The number of nitrogens with zero attached hydrogens (tertiary/aromatic N) is 3.